The van der Waals surface area contributed by atoms with Crippen LogP contribution >= 0.6 is 0 Å². The molecule has 2 aromatic carbocycles. The van der Waals surface area contributed by atoms with E-state index >= 15 is 0 Å². The molecule has 0 spiro atoms. The quantitative estimate of drug-likeness (QED) is 0.396. The van der Waals surface area contributed by atoms with Gasteiger partial charge in [-0.15, -0.1) is 0 Å². The molecule has 5 rings (SSSR count). The number of hydrogen-bond acceptors (Lipinski definition) is 7. The summed E-state index contributed by atoms with van der Waals surface area (Å²) in [7, 11) is -2.23. The Labute approximate surface area is 221 Å². The first-order chi connectivity index (χ1) is 17.8. The number of rotatable bonds is 8. The van der Waals surface area contributed by atoms with Gasteiger partial charge in [0.05, 0.1) is 29.7 Å². The zero-order valence-electron chi connectivity index (χ0n) is 20.4. The first-order valence-corrected chi connectivity index (χ1v) is 13.6. The molecule has 3 N–H and O–H groups in total. The molecule has 1 saturated heterocycles. The van der Waals surface area contributed by atoms with E-state index in [-0.39, 0.29) is 34.9 Å². The summed E-state index contributed by atoms with van der Waals surface area (Å²) in [5, 5.41) is 22.3. The molecule has 37 heavy (non-hydrogen) atoms. The Bertz CT molecular complexity index is 1440. The first-order valence-electron chi connectivity index (χ1n) is 12.2. The van der Waals surface area contributed by atoms with Gasteiger partial charge in [0.2, 0.25) is 15.9 Å². The van der Waals surface area contributed by atoms with E-state index in [1.807, 2.05) is 0 Å². The lowest BCUT2D eigenvalue weighted by molar-refractivity contribution is -0.118. The monoisotopic (exact) mass is 531 g/mol. The number of phenolic OH excluding ortho intramolecular Hbond substituents is 1. The van der Waals surface area contributed by atoms with Crippen LogP contribution in [0.15, 0.2) is 65.6 Å². The van der Waals surface area contributed by atoms with Crippen LogP contribution in [0, 0.1) is 0 Å². The second-order valence-electron chi connectivity index (χ2n) is 9.45. The fraction of sp³-hybridized carbons (Fsp3) is 0.333. The van der Waals surface area contributed by atoms with E-state index < -0.39 is 15.4 Å². The number of carbonyl (C=O) groups excluding carboxylic acids is 1. The number of methoxy groups -OCH3 is 1. The van der Waals surface area contributed by atoms with Crippen molar-refractivity contribution in [3.63, 3.8) is 0 Å². The maximum atomic E-state index is 13.2. The van der Waals surface area contributed by atoms with Gasteiger partial charge in [-0.25, -0.2) is 13.4 Å². The van der Waals surface area contributed by atoms with Crippen molar-refractivity contribution >= 4 is 21.7 Å². The van der Waals surface area contributed by atoms with Crippen molar-refractivity contribution in [3.05, 3.63) is 66.2 Å². The predicted octanol–water partition coefficient (Wildman–Crippen LogP) is 4.26. The standard InChI is InChI=1S/C27H29N3O6S.4H2/c1-36-24-16-19(9-12-23(24)32)27(13-14-27)26(33)29-25-6-2-5-22(28-25)18-7-10-21(11-8-18)37(34,35)30-15-3-4-20(30)17-31;;;;/h2,5-12,16,20,31-32H,3-4,13-15,17H2,1H3,(H,28,29,33);4*1H. The van der Waals surface area contributed by atoms with Gasteiger partial charge < -0.3 is 20.3 Å². The molecule has 1 aromatic heterocycles. The molecular weight excluding hydrogens is 494 g/mol. The van der Waals surface area contributed by atoms with Crippen LogP contribution < -0.4 is 10.1 Å². The number of carbonyl (C=O) groups is 1. The van der Waals surface area contributed by atoms with E-state index in [1.54, 1.807) is 54.6 Å². The third-order valence-corrected chi connectivity index (χ3v) is 9.16. The average molecular weight is 532 g/mol. The zero-order chi connectivity index (χ0) is 26.2. The highest BCUT2D eigenvalue weighted by Gasteiger charge is 2.51. The average Bonchev–Trinajstić information content (AvgIpc) is 3.58. The van der Waals surface area contributed by atoms with Crippen molar-refractivity contribution in [3.8, 4) is 22.8 Å². The molecule has 1 amide bonds. The zero-order valence-corrected chi connectivity index (χ0v) is 21.2. The molecule has 1 aliphatic heterocycles. The minimum Gasteiger partial charge on any atom is -0.504 e. The molecule has 1 aliphatic carbocycles. The van der Waals surface area contributed by atoms with Gasteiger partial charge in [0.1, 0.15) is 5.82 Å². The Morgan fingerprint density at radius 3 is 2.62 bits per heavy atom. The summed E-state index contributed by atoms with van der Waals surface area (Å²) in [5.41, 5.74) is 1.37. The smallest absolute Gasteiger partial charge is 0.243 e. The van der Waals surface area contributed by atoms with Crippen LogP contribution in [0.4, 0.5) is 5.82 Å². The van der Waals surface area contributed by atoms with Crippen molar-refractivity contribution in [1.29, 1.82) is 0 Å². The highest BCUT2D eigenvalue weighted by molar-refractivity contribution is 7.89. The number of nitrogens with zero attached hydrogens (tertiary/aromatic N) is 2. The molecular formula is C27H37N3O6S. The summed E-state index contributed by atoms with van der Waals surface area (Å²) in [6.07, 6.45) is 2.73. The Balaban J connectivity index is 0.00000210. The molecule has 0 radical (unpaired) electrons. The van der Waals surface area contributed by atoms with Crippen LogP contribution in [-0.4, -0.2) is 60.1 Å². The van der Waals surface area contributed by atoms with Crippen LogP contribution in [0.5, 0.6) is 11.5 Å². The summed E-state index contributed by atoms with van der Waals surface area (Å²) < 4.78 is 32.6. The molecule has 202 valence electrons. The molecule has 9 nitrogen and oxygen atoms in total. The van der Waals surface area contributed by atoms with E-state index in [4.69, 9.17) is 4.74 Å². The number of pyridine rings is 1. The summed E-state index contributed by atoms with van der Waals surface area (Å²) in [4.78, 5) is 18.0. The van der Waals surface area contributed by atoms with Crippen LogP contribution in [0.2, 0.25) is 0 Å². The highest BCUT2D eigenvalue weighted by Crippen LogP contribution is 2.50. The SMILES string of the molecule is COc1cc(C2(C(=O)Nc3cccc(-c4ccc(S(=O)(=O)N5CCCC5CO)cc4)n3)CC2)ccc1O.[HH].[HH].[HH].[HH]. The summed E-state index contributed by atoms with van der Waals surface area (Å²) in [5.74, 6) is 0.539. The van der Waals surface area contributed by atoms with Gasteiger partial charge >= 0.3 is 0 Å². The number of sulfonamides is 1. The Hall–Kier alpha value is -3.47. The molecule has 2 fully saturated rings. The minimum atomic E-state index is -3.70. The van der Waals surface area contributed by atoms with E-state index in [9.17, 15) is 23.4 Å². The maximum absolute atomic E-state index is 13.2. The molecule has 0 bridgehead atoms. The summed E-state index contributed by atoms with van der Waals surface area (Å²) in [6, 6.07) is 16.3. The number of nitrogens with one attached hydrogen (secondary N) is 1. The van der Waals surface area contributed by atoms with Crippen molar-refractivity contribution < 1.29 is 33.9 Å². The van der Waals surface area contributed by atoms with Crippen molar-refractivity contribution in [1.82, 2.24) is 9.29 Å². The van der Waals surface area contributed by atoms with Crippen molar-refractivity contribution in [2.75, 3.05) is 25.6 Å². The fourth-order valence-electron chi connectivity index (χ4n) is 4.89. The van der Waals surface area contributed by atoms with Crippen molar-refractivity contribution in [2.45, 2.75) is 42.0 Å². The van der Waals surface area contributed by atoms with E-state index in [2.05, 4.69) is 10.3 Å². The number of aromatic nitrogens is 1. The van der Waals surface area contributed by atoms with Crippen LogP contribution in [-0.2, 0) is 20.2 Å². The van der Waals surface area contributed by atoms with Gasteiger partial charge in [0.25, 0.3) is 0 Å². The van der Waals surface area contributed by atoms with Gasteiger partial charge in [-0.1, -0.05) is 24.3 Å². The van der Waals surface area contributed by atoms with Crippen molar-refractivity contribution in [2.24, 2.45) is 0 Å². The topological polar surface area (TPSA) is 129 Å². The Kier molecular flexibility index (Phi) is 6.65. The lowest BCUT2D eigenvalue weighted by Crippen LogP contribution is -2.37. The predicted molar refractivity (Wildman–Crippen MR) is 146 cm³/mol. The maximum Gasteiger partial charge on any atom is 0.243 e. The number of aromatic hydroxyl groups is 1. The van der Waals surface area contributed by atoms with Gasteiger partial charge in [-0.2, -0.15) is 4.31 Å². The molecule has 1 saturated carbocycles. The Morgan fingerprint density at radius 2 is 1.95 bits per heavy atom. The second-order valence-corrected chi connectivity index (χ2v) is 11.3. The molecule has 2 aliphatic rings. The number of aliphatic hydroxyl groups is 1. The van der Waals surface area contributed by atoms with Crippen LogP contribution in [0.25, 0.3) is 11.3 Å². The van der Waals surface area contributed by atoms with Crippen LogP contribution in [0.1, 0.15) is 37.0 Å². The first kappa shape index (κ1) is 25.2. The van der Waals surface area contributed by atoms with Gasteiger partial charge in [-0.05, 0) is 67.6 Å². The van der Waals surface area contributed by atoms with Gasteiger partial charge in [0.15, 0.2) is 11.5 Å². The fourth-order valence-corrected chi connectivity index (χ4v) is 6.57. The number of anilines is 1. The lowest BCUT2D eigenvalue weighted by Gasteiger charge is -2.22. The number of benzene rings is 2. The number of amides is 1. The number of phenols is 1. The Morgan fingerprint density at radius 1 is 1.19 bits per heavy atom. The number of hydrogen-bond donors (Lipinski definition) is 3. The summed E-state index contributed by atoms with van der Waals surface area (Å²) >= 11 is 0. The third kappa shape index (κ3) is 4.68. The van der Waals surface area contributed by atoms with Crippen LogP contribution in [0.3, 0.4) is 0 Å². The largest absolute Gasteiger partial charge is 0.504 e. The summed E-state index contributed by atoms with van der Waals surface area (Å²) in [6.45, 7) is 0.207. The van der Waals surface area contributed by atoms with E-state index in [1.165, 1.54) is 17.5 Å². The van der Waals surface area contributed by atoms with E-state index in [0.717, 1.165) is 12.0 Å². The normalized spacial score (nSPS) is 18.9. The van der Waals surface area contributed by atoms with Gasteiger partial charge in [0, 0.05) is 23.9 Å². The molecule has 2 heterocycles. The van der Waals surface area contributed by atoms with Gasteiger partial charge in [-0.3, -0.25) is 4.79 Å². The number of aliphatic hydroxyl groups excluding tert-OH is 1. The lowest BCUT2D eigenvalue weighted by atomic mass is 9.94. The molecule has 1 atom stereocenters. The third-order valence-electron chi connectivity index (χ3n) is 7.20. The highest BCUT2D eigenvalue weighted by atomic mass is 32.2. The molecule has 3 aromatic rings. The number of ether oxygens (including phenoxy) is 1. The second kappa shape index (κ2) is 9.77. The molecule has 1 unspecified atom stereocenters. The van der Waals surface area contributed by atoms with E-state index in [0.29, 0.717) is 48.6 Å². The molecule has 10 heteroatoms. The minimum absolute atomic E-state index is 0.